The van der Waals surface area contributed by atoms with E-state index in [2.05, 4.69) is 0 Å². The predicted molar refractivity (Wildman–Crippen MR) is 74.5 cm³/mol. The van der Waals surface area contributed by atoms with Crippen molar-refractivity contribution < 1.29 is 14.3 Å². The fourth-order valence-corrected chi connectivity index (χ4v) is 2.38. The van der Waals surface area contributed by atoms with Crippen LogP contribution in [-0.4, -0.2) is 11.8 Å². The third-order valence-corrected chi connectivity index (χ3v) is 3.44. The Balaban J connectivity index is 1.80. The molecule has 1 heterocycles. The van der Waals surface area contributed by atoms with E-state index in [9.17, 15) is 9.59 Å². The molecule has 0 spiro atoms. The van der Waals surface area contributed by atoms with E-state index in [4.69, 9.17) is 10.00 Å². The van der Waals surface area contributed by atoms with E-state index in [0.29, 0.717) is 16.7 Å². The average molecular weight is 277 g/mol. The Morgan fingerprint density at radius 1 is 1.14 bits per heavy atom. The second-order valence-electron chi connectivity index (χ2n) is 4.82. The van der Waals surface area contributed by atoms with Crippen LogP contribution >= 0.6 is 0 Å². The van der Waals surface area contributed by atoms with Gasteiger partial charge in [0.25, 0.3) is 0 Å². The van der Waals surface area contributed by atoms with Gasteiger partial charge >= 0.3 is 5.97 Å². The van der Waals surface area contributed by atoms with Crippen LogP contribution in [0.5, 0.6) is 0 Å². The number of carbonyl (C=O) groups is 2. The van der Waals surface area contributed by atoms with Gasteiger partial charge in [0.05, 0.1) is 17.2 Å². The summed E-state index contributed by atoms with van der Waals surface area (Å²) in [4.78, 5) is 24.0. The van der Waals surface area contributed by atoms with E-state index in [0.717, 1.165) is 5.56 Å². The van der Waals surface area contributed by atoms with Crippen molar-refractivity contribution in [3.63, 3.8) is 0 Å². The van der Waals surface area contributed by atoms with Gasteiger partial charge in [0.1, 0.15) is 0 Å². The number of hydrogen-bond donors (Lipinski definition) is 0. The third kappa shape index (κ3) is 2.41. The van der Waals surface area contributed by atoms with Crippen molar-refractivity contribution in [2.24, 2.45) is 0 Å². The number of benzene rings is 2. The summed E-state index contributed by atoms with van der Waals surface area (Å²) in [6.07, 6.45) is -0.665. The highest BCUT2D eigenvalue weighted by Crippen LogP contribution is 2.31. The van der Waals surface area contributed by atoms with E-state index >= 15 is 0 Å². The maximum atomic E-state index is 12.3. The van der Waals surface area contributed by atoms with Gasteiger partial charge in [-0.05, 0) is 23.8 Å². The van der Waals surface area contributed by atoms with Crippen LogP contribution in [-0.2, 0) is 16.0 Å². The summed E-state index contributed by atoms with van der Waals surface area (Å²) in [5, 5.41) is 8.75. The van der Waals surface area contributed by atoms with Crippen molar-refractivity contribution in [2.75, 3.05) is 0 Å². The molecule has 1 aliphatic heterocycles. The monoisotopic (exact) mass is 277 g/mol. The van der Waals surface area contributed by atoms with Gasteiger partial charge in [-0.3, -0.25) is 4.79 Å². The fourth-order valence-electron chi connectivity index (χ4n) is 2.38. The molecule has 2 aromatic rings. The molecule has 1 aliphatic rings. The van der Waals surface area contributed by atoms with Crippen LogP contribution in [0.25, 0.3) is 0 Å². The molecule has 0 aromatic heterocycles. The van der Waals surface area contributed by atoms with Crippen molar-refractivity contribution in [1.82, 2.24) is 0 Å². The number of nitriles is 1. The number of esters is 1. The summed E-state index contributed by atoms with van der Waals surface area (Å²) in [6, 6.07) is 15.7. The SMILES string of the molecule is N#Cc1ccc(CC(=O)C2OC(=O)c3ccccc32)cc1. The Hall–Kier alpha value is -2.93. The molecule has 4 heteroatoms. The number of hydrogen-bond acceptors (Lipinski definition) is 4. The lowest BCUT2D eigenvalue weighted by atomic mass is 9.98. The number of ether oxygens (including phenoxy) is 1. The molecule has 0 fully saturated rings. The summed E-state index contributed by atoms with van der Waals surface area (Å²) in [7, 11) is 0. The molecule has 0 bridgehead atoms. The van der Waals surface area contributed by atoms with E-state index in [1.807, 2.05) is 6.07 Å². The molecule has 0 saturated heterocycles. The van der Waals surface area contributed by atoms with Gasteiger partial charge in [0, 0.05) is 12.0 Å². The van der Waals surface area contributed by atoms with Gasteiger partial charge in [0.2, 0.25) is 0 Å². The van der Waals surface area contributed by atoms with Crippen molar-refractivity contribution >= 4 is 11.8 Å². The summed E-state index contributed by atoms with van der Waals surface area (Å²) in [5.41, 5.74) is 2.42. The van der Waals surface area contributed by atoms with E-state index in [1.165, 1.54) is 0 Å². The zero-order valence-corrected chi connectivity index (χ0v) is 11.1. The van der Waals surface area contributed by atoms with Gasteiger partial charge in [-0.1, -0.05) is 30.3 Å². The van der Waals surface area contributed by atoms with Crippen LogP contribution in [0.15, 0.2) is 48.5 Å². The molecule has 21 heavy (non-hydrogen) atoms. The van der Waals surface area contributed by atoms with Crippen LogP contribution in [0.2, 0.25) is 0 Å². The topological polar surface area (TPSA) is 67.2 Å². The number of rotatable bonds is 3. The maximum absolute atomic E-state index is 12.3. The molecular formula is C17H11NO3. The minimum Gasteiger partial charge on any atom is -0.446 e. The predicted octanol–water partition coefficient (Wildman–Crippen LogP) is 2.58. The van der Waals surface area contributed by atoms with E-state index < -0.39 is 12.1 Å². The zero-order valence-electron chi connectivity index (χ0n) is 11.1. The molecular weight excluding hydrogens is 266 g/mol. The van der Waals surface area contributed by atoms with Crippen LogP contribution in [0.4, 0.5) is 0 Å². The number of nitrogens with zero attached hydrogens (tertiary/aromatic N) is 1. The first-order valence-corrected chi connectivity index (χ1v) is 6.50. The minimum atomic E-state index is -0.829. The normalized spacial score (nSPS) is 16.0. The van der Waals surface area contributed by atoms with Gasteiger partial charge in [-0.15, -0.1) is 0 Å². The smallest absolute Gasteiger partial charge is 0.339 e. The third-order valence-electron chi connectivity index (χ3n) is 3.44. The fraction of sp³-hybridized carbons (Fsp3) is 0.118. The Morgan fingerprint density at radius 2 is 1.86 bits per heavy atom. The number of carbonyl (C=O) groups excluding carboxylic acids is 2. The molecule has 3 rings (SSSR count). The van der Waals surface area contributed by atoms with Gasteiger partial charge in [-0.25, -0.2) is 4.79 Å². The van der Waals surface area contributed by atoms with Crippen molar-refractivity contribution in [1.29, 1.82) is 5.26 Å². The number of ketones is 1. The summed E-state index contributed by atoms with van der Waals surface area (Å²) < 4.78 is 5.17. The standard InChI is InChI=1S/C17H11NO3/c18-10-12-7-5-11(6-8-12)9-15(19)16-13-3-1-2-4-14(13)17(20)21-16/h1-8,16H,9H2. The van der Waals surface area contributed by atoms with Gasteiger partial charge < -0.3 is 4.74 Å². The molecule has 2 aromatic carbocycles. The molecule has 0 N–H and O–H groups in total. The molecule has 0 radical (unpaired) electrons. The lowest BCUT2D eigenvalue weighted by Crippen LogP contribution is -2.15. The van der Waals surface area contributed by atoms with Crippen LogP contribution < -0.4 is 0 Å². The zero-order chi connectivity index (χ0) is 14.8. The maximum Gasteiger partial charge on any atom is 0.339 e. The Morgan fingerprint density at radius 3 is 2.57 bits per heavy atom. The van der Waals surface area contributed by atoms with Crippen molar-refractivity contribution in [3.8, 4) is 6.07 Å². The molecule has 0 aliphatic carbocycles. The quantitative estimate of drug-likeness (QED) is 0.809. The average Bonchev–Trinajstić information content (AvgIpc) is 2.86. The first-order chi connectivity index (χ1) is 10.2. The number of fused-ring (bicyclic) bond motifs is 1. The molecule has 1 atom stereocenters. The van der Waals surface area contributed by atoms with Crippen LogP contribution in [0.3, 0.4) is 0 Å². The van der Waals surface area contributed by atoms with Crippen molar-refractivity contribution in [3.05, 3.63) is 70.8 Å². The Kier molecular flexibility index (Phi) is 3.25. The summed E-state index contributed by atoms with van der Waals surface area (Å²) in [5.74, 6) is -0.623. The second kappa shape index (κ2) is 5.22. The van der Waals surface area contributed by atoms with Crippen molar-refractivity contribution in [2.45, 2.75) is 12.5 Å². The highest BCUT2D eigenvalue weighted by Gasteiger charge is 2.35. The number of Topliss-reactive ketones (excluding diaryl/α,β-unsaturated/α-hetero) is 1. The first-order valence-electron chi connectivity index (χ1n) is 6.50. The van der Waals surface area contributed by atoms with E-state index in [1.54, 1.807) is 48.5 Å². The lowest BCUT2D eigenvalue weighted by molar-refractivity contribution is -0.126. The summed E-state index contributed by atoms with van der Waals surface area (Å²) >= 11 is 0. The van der Waals surface area contributed by atoms with E-state index in [-0.39, 0.29) is 12.2 Å². The Bertz CT molecular complexity index is 756. The molecule has 102 valence electrons. The van der Waals surface area contributed by atoms with Crippen LogP contribution in [0, 0.1) is 11.3 Å². The molecule has 0 amide bonds. The largest absolute Gasteiger partial charge is 0.446 e. The second-order valence-corrected chi connectivity index (χ2v) is 4.82. The highest BCUT2D eigenvalue weighted by molar-refractivity contribution is 6.00. The van der Waals surface area contributed by atoms with Gasteiger partial charge in [0.15, 0.2) is 11.9 Å². The molecule has 4 nitrogen and oxygen atoms in total. The number of cyclic esters (lactones) is 1. The molecule has 0 saturated carbocycles. The highest BCUT2D eigenvalue weighted by atomic mass is 16.6. The van der Waals surface area contributed by atoms with Gasteiger partial charge in [-0.2, -0.15) is 5.26 Å². The minimum absolute atomic E-state index is 0.165. The molecule has 1 unspecified atom stereocenters. The Labute approximate surface area is 121 Å². The summed E-state index contributed by atoms with van der Waals surface area (Å²) in [6.45, 7) is 0. The first kappa shape index (κ1) is 13.1. The lowest BCUT2D eigenvalue weighted by Gasteiger charge is -2.09. The van der Waals surface area contributed by atoms with Crippen LogP contribution in [0.1, 0.15) is 33.2 Å².